The van der Waals surface area contributed by atoms with Crippen LogP contribution in [0.25, 0.3) is 0 Å². The predicted octanol–water partition coefficient (Wildman–Crippen LogP) is 4.73. The van der Waals surface area contributed by atoms with E-state index in [9.17, 15) is 9.59 Å². The van der Waals surface area contributed by atoms with Crippen molar-refractivity contribution in [3.05, 3.63) is 77.0 Å². The number of hydrogen-bond donors (Lipinski definition) is 1. The van der Waals surface area contributed by atoms with E-state index >= 15 is 0 Å². The first-order valence-corrected chi connectivity index (χ1v) is 10.3. The van der Waals surface area contributed by atoms with Crippen molar-refractivity contribution in [2.45, 2.75) is 44.9 Å². The van der Waals surface area contributed by atoms with Crippen molar-refractivity contribution in [3.63, 3.8) is 0 Å². The van der Waals surface area contributed by atoms with Gasteiger partial charge >= 0.3 is 0 Å². The second-order valence-electron chi connectivity index (χ2n) is 8.41. The van der Waals surface area contributed by atoms with Crippen LogP contribution >= 0.6 is 0 Å². The molecule has 29 heavy (non-hydrogen) atoms. The van der Waals surface area contributed by atoms with Crippen molar-refractivity contribution in [2.75, 3.05) is 6.61 Å². The van der Waals surface area contributed by atoms with Gasteiger partial charge in [0.15, 0.2) is 5.78 Å². The number of amides is 1. The van der Waals surface area contributed by atoms with Crippen molar-refractivity contribution in [1.29, 1.82) is 0 Å². The number of allylic oxidation sites excluding steroid dienone is 2. The van der Waals surface area contributed by atoms with Gasteiger partial charge in [-0.1, -0.05) is 56.3 Å². The van der Waals surface area contributed by atoms with Crippen LogP contribution in [0.15, 0.2) is 65.9 Å². The van der Waals surface area contributed by atoms with Gasteiger partial charge in [-0.05, 0) is 41.5 Å². The van der Waals surface area contributed by atoms with Gasteiger partial charge in [-0.2, -0.15) is 0 Å². The van der Waals surface area contributed by atoms with Crippen molar-refractivity contribution >= 4 is 11.7 Å². The summed E-state index contributed by atoms with van der Waals surface area (Å²) in [5.74, 6) is 1.34. The molecule has 1 aliphatic heterocycles. The van der Waals surface area contributed by atoms with Crippen molar-refractivity contribution < 1.29 is 14.3 Å². The molecule has 2 atom stereocenters. The first kappa shape index (κ1) is 19.4. The smallest absolute Gasteiger partial charge is 0.225 e. The molecule has 0 spiro atoms. The first-order valence-electron chi connectivity index (χ1n) is 10.3. The average molecular weight is 389 g/mol. The van der Waals surface area contributed by atoms with Crippen LogP contribution in [0.4, 0.5) is 0 Å². The second-order valence-corrected chi connectivity index (χ2v) is 8.41. The quantitative estimate of drug-likeness (QED) is 0.805. The van der Waals surface area contributed by atoms with E-state index in [4.69, 9.17) is 4.74 Å². The van der Waals surface area contributed by atoms with Crippen molar-refractivity contribution in [1.82, 2.24) is 5.32 Å². The third-order valence-corrected chi connectivity index (χ3v) is 5.67. The Morgan fingerprint density at radius 1 is 0.931 bits per heavy atom. The molecule has 2 aliphatic rings. The number of ketones is 1. The molecule has 4 rings (SSSR count). The van der Waals surface area contributed by atoms with E-state index in [1.807, 2.05) is 42.5 Å². The highest BCUT2D eigenvalue weighted by atomic mass is 16.5. The molecule has 0 bridgehead atoms. The number of ether oxygens (including phenoxy) is 1. The molecular weight excluding hydrogens is 362 g/mol. The van der Waals surface area contributed by atoms with Crippen LogP contribution in [0.3, 0.4) is 0 Å². The highest BCUT2D eigenvalue weighted by Gasteiger charge is 2.38. The Hall–Kier alpha value is -2.88. The number of rotatable bonds is 5. The average Bonchev–Trinajstić information content (AvgIpc) is 2.72. The van der Waals surface area contributed by atoms with Gasteiger partial charge in [0.1, 0.15) is 5.75 Å². The Labute approximate surface area is 172 Å². The summed E-state index contributed by atoms with van der Waals surface area (Å²) >= 11 is 0. The number of Topliss-reactive ketones (excluding diaryl/α,β-unsaturated/α-hetero) is 1. The SMILES string of the molecule is CC(C)COc1ccc(C2CC(=O)NC3=C2C(=O)CC(c2ccccc2)C3)cc1. The molecule has 0 fully saturated rings. The van der Waals surface area contributed by atoms with Crippen LogP contribution in [0.5, 0.6) is 5.75 Å². The van der Waals surface area contributed by atoms with E-state index in [2.05, 4.69) is 31.3 Å². The lowest BCUT2D eigenvalue weighted by Crippen LogP contribution is -2.38. The van der Waals surface area contributed by atoms with Crippen LogP contribution in [-0.4, -0.2) is 18.3 Å². The molecule has 1 aliphatic carbocycles. The third kappa shape index (κ3) is 4.26. The lowest BCUT2D eigenvalue weighted by Gasteiger charge is -2.34. The van der Waals surface area contributed by atoms with Crippen LogP contribution in [-0.2, 0) is 9.59 Å². The van der Waals surface area contributed by atoms with Crippen LogP contribution in [0, 0.1) is 5.92 Å². The minimum Gasteiger partial charge on any atom is -0.493 e. The fourth-order valence-corrected chi connectivity index (χ4v) is 4.27. The highest BCUT2D eigenvalue weighted by molar-refractivity contribution is 6.02. The summed E-state index contributed by atoms with van der Waals surface area (Å²) in [5.41, 5.74) is 3.73. The predicted molar refractivity (Wildman–Crippen MR) is 113 cm³/mol. The highest BCUT2D eigenvalue weighted by Crippen LogP contribution is 2.42. The van der Waals surface area contributed by atoms with Gasteiger partial charge in [-0.3, -0.25) is 9.59 Å². The molecule has 150 valence electrons. The number of carbonyl (C=O) groups excluding carboxylic acids is 2. The molecule has 4 heteroatoms. The largest absolute Gasteiger partial charge is 0.493 e. The maximum absolute atomic E-state index is 13.1. The van der Waals surface area contributed by atoms with E-state index in [0.717, 1.165) is 28.1 Å². The van der Waals surface area contributed by atoms with E-state index in [-0.39, 0.29) is 23.5 Å². The number of benzene rings is 2. The van der Waals surface area contributed by atoms with E-state index < -0.39 is 0 Å². The zero-order valence-electron chi connectivity index (χ0n) is 17.0. The van der Waals surface area contributed by atoms with Gasteiger partial charge in [0.2, 0.25) is 5.91 Å². The number of nitrogens with one attached hydrogen (secondary N) is 1. The second kappa shape index (κ2) is 8.24. The molecule has 0 saturated carbocycles. The molecule has 1 amide bonds. The Kier molecular flexibility index (Phi) is 5.52. The van der Waals surface area contributed by atoms with Crippen LogP contribution < -0.4 is 10.1 Å². The summed E-state index contributed by atoms with van der Waals surface area (Å²) in [4.78, 5) is 25.5. The topological polar surface area (TPSA) is 55.4 Å². The van der Waals surface area contributed by atoms with Gasteiger partial charge in [0.25, 0.3) is 0 Å². The summed E-state index contributed by atoms with van der Waals surface area (Å²) in [6.07, 6.45) is 1.50. The third-order valence-electron chi connectivity index (χ3n) is 5.67. The van der Waals surface area contributed by atoms with E-state index in [0.29, 0.717) is 31.8 Å². The molecule has 0 aromatic heterocycles. The Bertz CT molecular complexity index is 928. The van der Waals surface area contributed by atoms with Gasteiger partial charge < -0.3 is 10.1 Å². The lowest BCUT2D eigenvalue weighted by atomic mass is 9.73. The summed E-state index contributed by atoms with van der Waals surface area (Å²) in [7, 11) is 0. The summed E-state index contributed by atoms with van der Waals surface area (Å²) in [6, 6.07) is 17.9. The molecule has 1 N–H and O–H groups in total. The normalized spacial score (nSPS) is 21.8. The van der Waals surface area contributed by atoms with Crippen molar-refractivity contribution in [2.24, 2.45) is 5.92 Å². The minimum atomic E-state index is -0.179. The van der Waals surface area contributed by atoms with Gasteiger partial charge in [0, 0.05) is 30.0 Å². The van der Waals surface area contributed by atoms with E-state index in [1.54, 1.807) is 0 Å². The zero-order valence-corrected chi connectivity index (χ0v) is 17.0. The number of carbonyl (C=O) groups is 2. The molecule has 0 saturated heterocycles. The molecule has 2 unspecified atom stereocenters. The summed E-state index contributed by atoms with van der Waals surface area (Å²) in [5, 5.41) is 2.99. The Morgan fingerprint density at radius 3 is 2.34 bits per heavy atom. The van der Waals surface area contributed by atoms with E-state index in [1.165, 1.54) is 0 Å². The van der Waals surface area contributed by atoms with Crippen LogP contribution in [0.1, 0.15) is 56.1 Å². The minimum absolute atomic E-state index is 0.0182. The van der Waals surface area contributed by atoms with Gasteiger partial charge in [-0.15, -0.1) is 0 Å². The fraction of sp³-hybridized carbons (Fsp3) is 0.360. The maximum Gasteiger partial charge on any atom is 0.225 e. The molecule has 4 nitrogen and oxygen atoms in total. The van der Waals surface area contributed by atoms with Crippen LogP contribution in [0.2, 0.25) is 0 Å². The Morgan fingerprint density at radius 2 is 1.66 bits per heavy atom. The van der Waals surface area contributed by atoms with Gasteiger partial charge in [0.05, 0.1) is 6.61 Å². The molecule has 0 radical (unpaired) electrons. The van der Waals surface area contributed by atoms with Crippen molar-refractivity contribution in [3.8, 4) is 5.75 Å². The lowest BCUT2D eigenvalue weighted by molar-refractivity contribution is -0.122. The fourth-order valence-electron chi connectivity index (χ4n) is 4.27. The van der Waals surface area contributed by atoms with Gasteiger partial charge in [-0.25, -0.2) is 0 Å². The molecule has 2 aromatic carbocycles. The Balaban J connectivity index is 1.60. The summed E-state index contributed by atoms with van der Waals surface area (Å²) in [6.45, 7) is 4.89. The molecule has 2 aromatic rings. The number of hydrogen-bond acceptors (Lipinski definition) is 3. The standard InChI is InChI=1S/C25H27NO3/c1-16(2)15-29-20-10-8-18(9-11-20)21-14-24(28)26-22-12-19(13-23(27)25(21)22)17-6-4-3-5-7-17/h3-11,16,19,21H,12-15H2,1-2H3,(H,26,28). The monoisotopic (exact) mass is 389 g/mol. The maximum atomic E-state index is 13.1. The first-order chi connectivity index (χ1) is 14.0. The summed E-state index contributed by atoms with van der Waals surface area (Å²) < 4.78 is 5.76. The molecule has 1 heterocycles. The molecular formula is C25H27NO3. The zero-order chi connectivity index (χ0) is 20.4.